The summed E-state index contributed by atoms with van der Waals surface area (Å²) in [5, 5.41) is 5.23. The van der Waals surface area contributed by atoms with E-state index in [1.807, 2.05) is 20.8 Å². The smallest absolute Gasteiger partial charge is 0.0351 e. The van der Waals surface area contributed by atoms with Gasteiger partial charge in [0.25, 0.3) is 0 Å². The van der Waals surface area contributed by atoms with Gasteiger partial charge in [-0.25, -0.2) is 0 Å². The predicted molar refractivity (Wildman–Crippen MR) is 39.1 cm³/mol. The van der Waals surface area contributed by atoms with E-state index in [1.165, 1.54) is 0 Å². The molecular formula is C5H13NOS. The van der Waals surface area contributed by atoms with E-state index < -0.39 is 9.90 Å². The van der Waals surface area contributed by atoms with Crippen LogP contribution in [0, 0.1) is 5.69 Å². The van der Waals surface area contributed by atoms with Crippen molar-refractivity contribution in [1.82, 2.24) is 0 Å². The average Bonchev–Trinajstić information content (AvgIpc) is 1.25. The van der Waals surface area contributed by atoms with Crippen molar-refractivity contribution in [1.29, 1.82) is 0 Å². The van der Waals surface area contributed by atoms with Gasteiger partial charge in [-0.05, 0) is 30.7 Å². The highest BCUT2D eigenvalue weighted by Crippen LogP contribution is 2.33. The van der Waals surface area contributed by atoms with Crippen molar-refractivity contribution in [3.05, 3.63) is 0 Å². The molecule has 3 heteroatoms. The number of hydrogen-bond donors (Lipinski definition) is 2. The SMILES string of the molecule is C#S(N)(O)C(C)(C)C. The van der Waals surface area contributed by atoms with E-state index in [0.717, 1.165) is 0 Å². The fourth-order valence-electron chi connectivity index (χ4n) is 0. The van der Waals surface area contributed by atoms with Gasteiger partial charge >= 0.3 is 0 Å². The molecule has 0 radical (unpaired) electrons. The minimum Gasteiger partial charge on any atom is -0.328 e. The fraction of sp³-hybridized carbons (Fsp3) is 0.800. The van der Waals surface area contributed by atoms with Crippen LogP contribution >= 0.6 is 9.90 Å². The van der Waals surface area contributed by atoms with Crippen LogP contribution in [0.4, 0.5) is 0 Å². The van der Waals surface area contributed by atoms with Crippen LogP contribution in [0.2, 0.25) is 0 Å². The van der Waals surface area contributed by atoms with Crippen molar-refractivity contribution < 1.29 is 4.55 Å². The summed E-state index contributed by atoms with van der Waals surface area (Å²) in [6, 6.07) is 0. The molecule has 8 heavy (non-hydrogen) atoms. The van der Waals surface area contributed by atoms with E-state index in [4.69, 9.17) is 15.4 Å². The first kappa shape index (κ1) is 8.05. The third kappa shape index (κ3) is 1.88. The molecule has 0 bridgehead atoms. The van der Waals surface area contributed by atoms with Crippen LogP contribution in [0.25, 0.3) is 0 Å². The molecule has 0 aliphatic rings. The minimum atomic E-state index is -2.34. The molecule has 1 atom stereocenters. The molecular weight excluding hydrogens is 122 g/mol. The molecule has 0 spiro atoms. The summed E-state index contributed by atoms with van der Waals surface area (Å²) in [4.78, 5) is 0. The second-order valence-corrected chi connectivity index (χ2v) is 5.36. The fourth-order valence-corrected chi connectivity index (χ4v) is 0. The zero-order chi connectivity index (χ0) is 7.00. The lowest BCUT2D eigenvalue weighted by molar-refractivity contribution is 0.601. The Morgan fingerprint density at radius 2 is 1.62 bits per heavy atom. The van der Waals surface area contributed by atoms with E-state index in [9.17, 15) is 0 Å². The van der Waals surface area contributed by atoms with Gasteiger partial charge in [-0.15, -0.1) is 5.69 Å². The third-order valence-corrected chi connectivity index (χ3v) is 2.94. The summed E-state index contributed by atoms with van der Waals surface area (Å²) >= 11 is 0. The Balaban J connectivity index is 4.36. The van der Waals surface area contributed by atoms with Gasteiger partial charge < -0.3 is 4.55 Å². The van der Waals surface area contributed by atoms with Crippen molar-refractivity contribution >= 4 is 9.90 Å². The van der Waals surface area contributed by atoms with Crippen LogP contribution in [0.5, 0.6) is 0 Å². The van der Waals surface area contributed by atoms with Crippen LogP contribution in [0.3, 0.4) is 0 Å². The summed E-state index contributed by atoms with van der Waals surface area (Å²) in [5.41, 5.74) is 5.23. The lowest BCUT2D eigenvalue weighted by atomic mass is 10.3. The van der Waals surface area contributed by atoms with Gasteiger partial charge in [0.1, 0.15) is 0 Å². The Kier molecular flexibility index (Phi) is 1.79. The van der Waals surface area contributed by atoms with E-state index in [0.29, 0.717) is 0 Å². The number of hydrogen-bond acceptors (Lipinski definition) is 2. The van der Waals surface area contributed by atoms with Gasteiger partial charge in [0, 0.05) is 4.75 Å². The number of rotatable bonds is 0. The quantitative estimate of drug-likeness (QED) is 0.529. The zero-order valence-corrected chi connectivity index (χ0v) is 6.33. The van der Waals surface area contributed by atoms with Gasteiger partial charge in [-0.2, -0.15) is 0 Å². The molecule has 0 heterocycles. The molecule has 0 fully saturated rings. The highest BCUT2D eigenvalue weighted by Gasteiger charge is 2.18. The van der Waals surface area contributed by atoms with Gasteiger partial charge in [0.2, 0.25) is 0 Å². The first-order valence-corrected chi connectivity index (χ1v) is 4.07. The highest BCUT2D eigenvalue weighted by atomic mass is 32.2. The maximum Gasteiger partial charge on any atom is 0.0351 e. The molecule has 50 valence electrons. The molecule has 0 aromatic heterocycles. The maximum absolute atomic E-state index is 8.99. The molecule has 0 saturated carbocycles. The Labute approximate surface area is 51.6 Å². The average molecular weight is 135 g/mol. The Hall–Kier alpha value is 0.0500. The van der Waals surface area contributed by atoms with Gasteiger partial charge in [-0.1, -0.05) is 0 Å². The monoisotopic (exact) mass is 135 g/mol. The molecule has 0 amide bonds. The normalized spacial score (nSPS) is 20.0. The molecule has 3 N–H and O–H groups in total. The van der Waals surface area contributed by atoms with Crippen molar-refractivity contribution in [2.75, 3.05) is 0 Å². The van der Waals surface area contributed by atoms with E-state index in [-0.39, 0.29) is 4.75 Å². The molecule has 0 aliphatic carbocycles. The summed E-state index contributed by atoms with van der Waals surface area (Å²) < 4.78 is 8.62. The van der Waals surface area contributed by atoms with E-state index >= 15 is 0 Å². The molecule has 2 nitrogen and oxygen atoms in total. The predicted octanol–water partition coefficient (Wildman–Crippen LogP) is 1.53. The van der Waals surface area contributed by atoms with E-state index in [1.54, 1.807) is 0 Å². The number of nitrogens with two attached hydrogens (primary N) is 1. The summed E-state index contributed by atoms with van der Waals surface area (Å²) in [6.45, 7) is 5.42. The summed E-state index contributed by atoms with van der Waals surface area (Å²) in [6.07, 6.45) is 0. The van der Waals surface area contributed by atoms with Crippen molar-refractivity contribution in [2.45, 2.75) is 25.5 Å². The van der Waals surface area contributed by atoms with Crippen molar-refractivity contribution in [3.8, 4) is 5.69 Å². The molecule has 1 unspecified atom stereocenters. The Morgan fingerprint density at radius 3 is 1.62 bits per heavy atom. The molecule has 0 aromatic carbocycles. The van der Waals surface area contributed by atoms with Crippen LogP contribution in [0.1, 0.15) is 20.8 Å². The second-order valence-electron chi connectivity index (χ2n) is 2.79. The first-order valence-electron chi connectivity index (χ1n) is 2.36. The van der Waals surface area contributed by atoms with Crippen molar-refractivity contribution in [2.24, 2.45) is 5.14 Å². The standard InChI is InChI=1S/C5H13NOS/c1-5(2,3)8(4,6)7/h4,7H,6H2,1-3H3. The van der Waals surface area contributed by atoms with Crippen LogP contribution in [-0.4, -0.2) is 9.30 Å². The lowest BCUT2D eigenvalue weighted by Crippen LogP contribution is -2.21. The molecule has 0 rings (SSSR count). The summed E-state index contributed by atoms with van der Waals surface area (Å²) in [7, 11) is -2.34. The largest absolute Gasteiger partial charge is 0.328 e. The summed E-state index contributed by atoms with van der Waals surface area (Å²) in [5.74, 6) is 0. The second kappa shape index (κ2) is 1.78. The van der Waals surface area contributed by atoms with Crippen LogP contribution < -0.4 is 5.14 Å². The minimum absolute atomic E-state index is 0.368. The maximum atomic E-state index is 8.99. The van der Waals surface area contributed by atoms with Gasteiger partial charge in [0.15, 0.2) is 0 Å². The lowest BCUT2D eigenvalue weighted by Gasteiger charge is -2.26. The third-order valence-electron chi connectivity index (χ3n) is 0.981. The van der Waals surface area contributed by atoms with Crippen LogP contribution in [0.15, 0.2) is 0 Å². The molecule has 0 aromatic rings. The zero-order valence-electron chi connectivity index (χ0n) is 5.51. The van der Waals surface area contributed by atoms with Crippen LogP contribution in [-0.2, 0) is 0 Å². The highest BCUT2D eigenvalue weighted by molar-refractivity contribution is 8.18. The molecule has 0 saturated heterocycles. The topological polar surface area (TPSA) is 46.2 Å². The Bertz CT molecular complexity index is 160. The Morgan fingerprint density at radius 1 is 1.50 bits per heavy atom. The first-order chi connectivity index (χ1) is 3.25. The van der Waals surface area contributed by atoms with Crippen molar-refractivity contribution in [3.63, 3.8) is 0 Å². The molecule has 0 aliphatic heterocycles. The van der Waals surface area contributed by atoms with Gasteiger partial charge in [0.05, 0.1) is 0 Å². The van der Waals surface area contributed by atoms with E-state index in [2.05, 4.69) is 0 Å². The van der Waals surface area contributed by atoms with Gasteiger partial charge in [-0.3, -0.25) is 5.14 Å².